The van der Waals surface area contributed by atoms with Crippen LogP contribution in [0.25, 0.3) is 10.2 Å². The third-order valence-electron chi connectivity index (χ3n) is 4.80. The minimum atomic E-state index is -0.762. The predicted molar refractivity (Wildman–Crippen MR) is 125 cm³/mol. The van der Waals surface area contributed by atoms with Crippen molar-refractivity contribution < 1.29 is 14.9 Å². The molecular weight excluding hydrogens is 438 g/mol. The molecule has 168 valence electrons. The van der Waals surface area contributed by atoms with Crippen molar-refractivity contribution in [2.75, 3.05) is 32.8 Å². The molecule has 0 bridgehead atoms. The first-order chi connectivity index (χ1) is 15.0. The Bertz CT molecular complexity index is 1020. The number of aliphatic hydroxyl groups excluding tert-OH is 1. The average molecular weight is 466 g/mol. The van der Waals surface area contributed by atoms with Crippen LogP contribution in [-0.2, 0) is 17.6 Å². The van der Waals surface area contributed by atoms with Crippen LogP contribution in [0.4, 0.5) is 0 Å². The number of rotatable bonds is 13. The standard InChI is InChI=1S/C22H28ClN3O4S/c23-17-4-1-3-15(13-17)7-9-24-8-2-11-30-12-10-25-19(28)14-16-5-6-18(27)20-21(16)31-22(29)26-20/h1,3-6,13,19,24-25,27-28H,2,7-12,14H2,(H,26,29). The van der Waals surface area contributed by atoms with Crippen LogP contribution in [0.2, 0.25) is 5.02 Å². The van der Waals surface area contributed by atoms with E-state index in [1.807, 2.05) is 18.2 Å². The summed E-state index contributed by atoms with van der Waals surface area (Å²) in [6.45, 7) is 3.45. The number of aromatic nitrogens is 1. The van der Waals surface area contributed by atoms with Gasteiger partial charge in [0.1, 0.15) is 17.5 Å². The Morgan fingerprint density at radius 1 is 1.16 bits per heavy atom. The number of phenolic OH excluding ortho intramolecular Hbond substituents is 1. The quantitative estimate of drug-likeness (QED) is 0.196. The lowest BCUT2D eigenvalue weighted by molar-refractivity contribution is 0.0980. The molecule has 3 rings (SSSR count). The van der Waals surface area contributed by atoms with Gasteiger partial charge in [-0.2, -0.15) is 0 Å². The van der Waals surface area contributed by atoms with Crippen LogP contribution in [-0.4, -0.2) is 54.3 Å². The number of halogens is 1. The summed E-state index contributed by atoms with van der Waals surface area (Å²) in [6.07, 6.45) is 1.43. The highest BCUT2D eigenvalue weighted by Gasteiger charge is 2.13. The fraction of sp³-hybridized carbons (Fsp3) is 0.409. The molecule has 0 saturated heterocycles. The van der Waals surface area contributed by atoms with Crippen LogP contribution in [0.3, 0.4) is 0 Å². The Morgan fingerprint density at radius 3 is 2.87 bits per heavy atom. The Morgan fingerprint density at radius 2 is 2.03 bits per heavy atom. The number of nitrogens with one attached hydrogen (secondary N) is 3. The van der Waals surface area contributed by atoms with Gasteiger partial charge in [0.05, 0.1) is 11.3 Å². The van der Waals surface area contributed by atoms with Gasteiger partial charge < -0.3 is 25.3 Å². The molecule has 0 amide bonds. The molecule has 3 aromatic rings. The van der Waals surface area contributed by atoms with Crippen LogP contribution >= 0.6 is 22.9 Å². The largest absolute Gasteiger partial charge is 0.506 e. The van der Waals surface area contributed by atoms with E-state index in [0.29, 0.717) is 36.4 Å². The van der Waals surface area contributed by atoms with Gasteiger partial charge >= 0.3 is 4.87 Å². The number of phenols is 1. The average Bonchev–Trinajstić information content (AvgIpc) is 3.14. The molecule has 5 N–H and O–H groups in total. The molecule has 0 radical (unpaired) electrons. The number of aromatic hydroxyl groups is 1. The summed E-state index contributed by atoms with van der Waals surface area (Å²) in [5.74, 6) is 0.0342. The zero-order valence-electron chi connectivity index (χ0n) is 17.2. The Kier molecular flexibility index (Phi) is 9.32. The topological polar surface area (TPSA) is 107 Å². The number of aliphatic hydroxyl groups is 1. The van der Waals surface area contributed by atoms with E-state index in [1.54, 1.807) is 6.07 Å². The number of hydrogen-bond donors (Lipinski definition) is 5. The monoisotopic (exact) mass is 465 g/mol. The summed E-state index contributed by atoms with van der Waals surface area (Å²) in [7, 11) is 0. The van der Waals surface area contributed by atoms with Crippen LogP contribution in [0.5, 0.6) is 5.75 Å². The van der Waals surface area contributed by atoms with Crippen molar-refractivity contribution in [1.82, 2.24) is 15.6 Å². The van der Waals surface area contributed by atoms with Crippen molar-refractivity contribution in [2.45, 2.75) is 25.5 Å². The Labute approximate surface area is 190 Å². The highest BCUT2D eigenvalue weighted by molar-refractivity contribution is 7.16. The maximum absolute atomic E-state index is 11.6. The number of aromatic amines is 1. The zero-order valence-corrected chi connectivity index (χ0v) is 18.8. The third kappa shape index (κ3) is 7.60. The van der Waals surface area contributed by atoms with E-state index < -0.39 is 6.23 Å². The summed E-state index contributed by atoms with van der Waals surface area (Å²) in [6, 6.07) is 11.1. The summed E-state index contributed by atoms with van der Waals surface area (Å²) in [5.41, 5.74) is 2.45. The molecule has 31 heavy (non-hydrogen) atoms. The molecule has 2 aromatic carbocycles. The molecular formula is C22H28ClN3O4S. The van der Waals surface area contributed by atoms with E-state index in [9.17, 15) is 15.0 Å². The summed E-state index contributed by atoms with van der Waals surface area (Å²) < 4.78 is 6.27. The third-order valence-corrected chi connectivity index (χ3v) is 5.99. The number of hydrogen-bond acceptors (Lipinski definition) is 7. The van der Waals surface area contributed by atoms with E-state index in [-0.39, 0.29) is 10.6 Å². The van der Waals surface area contributed by atoms with Gasteiger partial charge in [-0.05, 0) is 55.3 Å². The van der Waals surface area contributed by atoms with Crippen LogP contribution in [0.1, 0.15) is 17.5 Å². The molecule has 1 aromatic heterocycles. The van der Waals surface area contributed by atoms with Gasteiger partial charge in [0.2, 0.25) is 0 Å². The minimum Gasteiger partial charge on any atom is -0.506 e. The lowest BCUT2D eigenvalue weighted by Gasteiger charge is -2.14. The molecule has 0 saturated carbocycles. The lowest BCUT2D eigenvalue weighted by Crippen LogP contribution is -2.33. The van der Waals surface area contributed by atoms with E-state index in [2.05, 4.69) is 21.7 Å². The van der Waals surface area contributed by atoms with Gasteiger partial charge in [0.15, 0.2) is 0 Å². The molecule has 9 heteroatoms. The number of ether oxygens (including phenoxy) is 1. The Hall–Kier alpha value is -1.94. The number of benzene rings is 2. The molecule has 0 aliphatic heterocycles. The number of fused-ring (bicyclic) bond motifs is 1. The van der Waals surface area contributed by atoms with E-state index in [0.717, 1.165) is 47.9 Å². The first-order valence-corrected chi connectivity index (χ1v) is 11.5. The van der Waals surface area contributed by atoms with Gasteiger partial charge in [0.25, 0.3) is 0 Å². The molecule has 1 unspecified atom stereocenters. The molecule has 1 heterocycles. The maximum Gasteiger partial charge on any atom is 0.305 e. The first kappa shape index (κ1) is 23.7. The van der Waals surface area contributed by atoms with Crippen molar-refractivity contribution in [3.05, 3.63) is 62.2 Å². The van der Waals surface area contributed by atoms with Crippen molar-refractivity contribution in [3.8, 4) is 5.75 Å². The normalized spacial score (nSPS) is 12.5. The highest BCUT2D eigenvalue weighted by Crippen LogP contribution is 2.28. The molecule has 0 aliphatic carbocycles. The van der Waals surface area contributed by atoms with Gasteiger partial charge in [-0.1, -0.05) is 41.1 Å². The predicted octanol–water partition coefficient (Wildman–Crippen LogP) is 2.64. The minimum absolute atomic E-state index is 0.0342. The Balaban J connectivity index is 1.24. The number of H-pyrrole nitrogens is 1. The van der Waals surface area contributed by atoms with Crippen molar-refractivity contribution in [1.29, 1.82) is 0 Å². The lowest BCUT2D eigenvalue weighted by atomic mass is 10.1. The van der Waals surface area contributed by atoms with E-state index in [1.165, 1.54) is 11.6 Å². The fourth-order valence-electron chi connectivity index (χ4n) is 3.26. The molecule has 1 atom stereocenters. The second-order valence-electron chi connectivity index (χ2n) is 7.23. The summed E-state index contributed by atoms with van der Waals surface area (Å²) in [4.78, 5) is 13.9. The van der Waals surface area contributed by atoms with Crippen molar-refractivity contribution >= 4 is 33.2 Å². The first-order valence-electron chi connectivity index (χ1n) is 10.3. The fourth-order valence-corrected chi connectivity index (χ4v) is 4.35. The smallest absolute Gasteiger partial charge is 0.305 e. The van der Waals surface area contributed by atoms with Crippen LogP contribution < -0.4 is 15.5 Å². The van der Waals surface area contributed by atoms with Crippen LogP contribution in [0.15, 0.2) is 41.2 Å². The summed E-state index contributed by atoms with van der Waals surface area (Å²) in [5, 5.41) is 27.2. The van der Waals surface area contributed by atoms with Gasteiger partial charge in [-0.3, -0.25) is 10.1 Å². The molecule has 7 nitrogen and oxygen atoms in total. The summed E-state index contributed by atoms with van der Waals surface area (Å²) >= 11 is 7.01. The van der Waals surface area contributed by atoms with Crippen molar-refractivity contribution in [3.63, 3.8) is 0 Å². The SMILES string of the molecule is O=c1[nH]c2c(O)ccc(CC(O)NCCOCCCNCCc3cccc(Cl)c3)c2s1. The van der Waals surface area contributed by atoms with Crippen molar-refractivity contribution in [2.24, 2.45) is 0 Å². The van der Waals surface area contributed by atoms with Gasteiger partial charge in [-0.15, -0.1) is 0 Å². The van der Waals surface area contributed by atoms with Gasteiger partial charge in [0, 0.05) is 24.6 Å². The number of thiazole rings is 1. The highest BCUT2D eigenvalue weighted by atomic mass is 35.5. The maximum atomic E-state index is 11.6. The van der Waals surface area contributed by atoms with E-state index >= 15 is 0 Å². The molecule has 0 aliphatic rings. The van der Waals surface area contributed by atoms with E-state index in [4.69, 9.17) is 16.3 Å². The second kappa shape index (κ2) is 12.2. The molecule has 0 fully saturated rings. The van der Waals surface area contributed by atoms with Gasteiger partial charge in [-0.25, -0.2) is 0 Å². The molecule has 0 spiro atoms. The second-order valence-corrected chi connectivity index (χ2v) is 8.65. The zero-order chi connectivity index (χ0) is 22.1. The van der Waals surface area contributed by atoms with Crippen LogP contribution in [0, 0.1) is 0 Å².